The van der Waals surface area contributed by atoms with Crippen LogP contribution in [0.4, 0.5) is 0 Å². The molecule has 0 aliphatic rings. The predicted octanol–water partition coefficient (Wildman–Crippen LogP) is 2.72. The summed E-state index contributed by atoms with van der Waals surface area (Å²) in [5, 5.41) is 10.5. The first-order valence-electron chi connectivity index (χ1n) is 8.73. The molecule has 0 aromatic heterocycles. The molecular formula is C20H28N2O3S. The van der Waals surface area contributed by atoms with Crippen LogP contribution in [0, 0.1) is 6.92 Å². The molecule has 2 aromatic carbocycles. The second-order valence-corrected chi connectivity index (χ2v) is 8.59. The molecule has 3 atom stereocenters. The van der Waals surface area contributed by atoms with Gasteiger partial charge in [-0.3, -0.25) is 4.90 Å². The van der Waals surface area contributed by atoms with Crippen LogP contribution in [-0.4, -0.2) is 44.1 Å². The van der Waals surface area contributed by atoms with E-state index in [2.05, 4.69) is 4.72 Å². The molecule has 0 saturated carbocycles. The second-order valence-electron chi connectivity index (χ2n) is 6.87. The maximum Gasteiger partial charge on any atom is 0.240 e. The number of likely N-dealkylation sites (N-methyl/N-ethyl adjacent to an activating group) is 1. The highest BCUT2D eigenvalue weighted by atomic mass is 32.2. The van der Waals surface area contributed by atoms with Crippen molar-refractivity contribution in [3.8, 4) is 0 Å². The van der Waals surface area contributed by atoms with Crippen LogP contribution in [0.3, 0.4) is 0 Å². The van der Waals surface area contributed by atoms with Gasteiger partial charge in [-0.2, -0.15) is 0 Å². The minimum atomic E-state index is -3.56. The number of aliphatic hydroxyl groups is 1. The summed E-state index contributed by atoms with van der Waals surface area (Å²) in [5.74, 6) is 0. The number of aryl methyl sites for hydroxylation is 1. The van der Waals surface area contributed by atoms with E-state index in [1.54, 1.807) is 24.3 Å². The molecule has 2 rings (SSSR count). The third kappa shape index (κ3) is 5.38. The average molecular weight is 377 g/mol. The number of hydrogen-bond acceptors (Lipinski definition) is 4. The molecule has 6 heteroatoms. The zero-order chi connectivity index (χ0) is 19.3. The molecule has 0 amide bonds. The third-order valence-electron chi connectivity index (χ3n) is 4.54. The summed E-state index contributed by atoms with van der Waals surface area (Å²) >= 11 is 0. The first kappa shape index (κ1) is 20.6. The fourth-order valence-corrected chi connectivity index (χ4v) is 4.09. The third-order valence-corrected chi connectivity index (χ3v) is 6.15. The molecule has 0 radical (unpaired) electrons. The van der Waals surface area contributed by atoms with Crippen molar-refractivity contribution in [3.63, 3.8) is 0 Å². The molecule has 0 saturated heterocycles. The van der Waals surface area contributed by atoms with Crippen LogP contribution in [-0.2, 0) is 10.0 Å². The van der Waals surface area contributed by atoms with Crippen LogP contribution < -0.4 is 4.72 Å². The van der Waals surface area contributed by atoms with E-state index in [9.17, 15) is 13.5 Å². The molecule has 0 spiro atoms. The number of aliphatic hydroxyl groups excluding tert-OH is 1. The molecule has 0 unspecified atom stereocenters. The van der Waals surface area contributed by atoms with Crippen molar-refractivity contribution in [2.24, 2.45) is 0 Å². The van der Waals surface area contributed by atoms with E-state index in [1.807, 2.05) is 63.1 Å². The summed E-state index contributed by atoms with van der Waals surface area (Å²) < 4.78 is 27.7. The fourth-order valence-electron chi connectivity index (χ4n) is 2.86. The Labute approximate surface area is 156 Å². The first-order valence-corrected chi connectivity index (χ1v) is 10.2. The molecule has 0 aliphatic heterocycles. The van der Waals surface area contributed by atoms with Gasteiger partial charge < -0.3 is 5.11 Å². The maximum atomic E-state index is 12.5. The van der Waals surface area contributed by atoms with E-state index < -0.39 is 16.1 Å². The van der Waals surface area contributed by atoms with Gasteiger partial charge in [0.15, 0.2) is 0 Å². The van der Waals surface area contributed by atoms with Gasteiger partial charge in [-0.1, -0.05) is 48.0 Å². The molecule has 142 valence electrons. The molecule has 0 aliphatic carbocycles. The zero-order valence-electron chi connectivity index (χ0n) is 15.8. The van der Waals surface area contributed by atoms with Gasteiger partial charge in [0.2, 0.25) is 10.0 Å². The number of nitrogens with zero attached hydrogens (tertiary/aromatic N) is 1. The number of sulfonamides is 1. The van der Waals surface area contributed by atoms with Gasteiger partial charge in [0.1, 0.15) is 0 Å². The largest absolute Gasteiger partial charge is 0.387 e. The summed E-state index contributed by atoms with van der Waals surface area (Å²) in [6.45, 7) is 6.15. The van der Waals surface area contributed by atoms with Crippen molar-refractivity contribution in [2.45, 2.75) is 43.9 Å². The average Bonchev–Trinajstić information content (AvgIpc) is 2.61. The van der Waals surface area contributed by atoms with Gasteiger partial charge in [0, 0.05) is 18.6 Å². The quantitative estimate of drug-likeness (QED) is 0.743. The van der Waals surface area contributed by atoms with Crippen molar-refractivity contribution < 1.29 is 13.5 Å². The Morgan fingerprint density at radius 3 is 2.19 bits per heavy atom. The molecule has 2 N–H and O–H groups in total. The van der Waals surface area contributed by atoms with Gasteiger partial charge in [0.05, 0.1) is 11.0 Å². The number of rotatable bonds is 8. The molecule has 0 fully saturated rings. The molecule has 0 bridgehead atoms. The van der Waals surface area contributed by atoms with Crippen molar-refractivity contribution >= 4 is 10.0 Å². The summed E-state index contributed by atoms with van der Waals surface area (Å²) in [7, 11) is -1.68. The highest BCUT2D eigenvalue weighted by Gasteiger charge is 2.23. The first-order chi connectivity index (χ1) is 12.2. The Hall–Kier alpha value is -1.73. The highest BCUT2D eigenvalue weighted by Crippen LogP contribution is 2.20. The highest BCUT2D eigenvalue weighted by molar-refractivity contribution is 7.89. The number of hydrogen-bond donors (Lipinski definition) is 2. The van der Waals surface area contributed by atoms with Crippen LogP contribution in [0.1, 0.15) is 31.1 Å². The van der Waals surface area contributed by atoms with Crippen LogP contribution in [0.15, 0.2) is 59.5 Å². The topological polar surface area (TPSA) is 69.6 Å². The maximum absolute atomic E-state index is 12.5. The van der Waals surface area contributed by atoms with Crippen LogP contribution in [0.5, 0.6) is 0 Å². The fraction of sp³-hybridized carbons (Fsp3) is 0.400. The monoisotopic (exact) mass is 376 g/mol. The Morgan fingerprint density at radius 1 is 1.04 bits per heavy atom. The Kier molecular flexibility index (Phi) is 6.94. The van der Waals surface area contributed by atoms with Gasteiger partial charge in [-0.15, -0.1) is 0 Å². The minimum absolute atomic E-state index is 0.149. The SMILES string of the molecule is Cc1ccc(S(=O)(=O)N[C@H](C)CN(C)[C@@H](C)[C@H](O)c2ccccc2)cc1. The summed E-state index contributed by atoms with van der Waals surface area (Å²) in [5.41, 5.74) is 1.86. The number of nitrogens with one attached hydrogen (secondary N) is 1. The molecule has 5 nitrogen and oxygen atoms in total. The normalized spacial score (nSPS) is 15.6. The van der Waals surface area contributed by atoms with E-state index in [0.717, 1.165) is 11.1 Å². The van der Waals surface area contributed by atoms with Crippen molar-refractivity contribution in [2.75, 3.05) is 13.6 Å². The predicted molar refractivity (Wildman–Crippen MR) is 104 cm³/mol. The smallest absolute Gasteiger partial charge is 0.240 e. The van der Waals surface area contributed by atoms with Gasteiger partial charge in [-0.05, 0) is 45.5 Å². The van der Waals surface area contributed by atoms with Crippen molar-refractivity contribution in [1.29, 1.82) is 0 Å². The lowest BCUT2D eigenvalue weighted by atomic mass is 10.0. The zero-order valence-corrected chi connectivity index (χ0v) is 16.6. The lowest BCUT2D eigenvalue weighted by Crippen LogP contribution is -2.45. The molecule has 2 aromatic rings. The van der Waals surface area contributed by atoms with Crippen LogP contribution >= 0.6 is 0 Å². The summed E-state index contributed by atoms with van der Waals surface area (Å²) in [6, 6.07) is 15.8. The molecule has 26 heavy (non-hydrogen) atoms. The lowest BCUT2D eigenvalue weighted by molar-refractivity contribution is 0.0697. The van der Waals surface area contributed by atoms with E-state index >= 15 is 0 Å². The minimum Gasteiger partial charge on any atom is -0.387 e. The van der Waals surface area contributed by atoms with E-state index in [1.165, 1.54) is 0 Å². The standard InChI is InChI=1S/C20H28N2O3S/c1-15-10-12-19(13-11-15)26(24,25)21-16(2)14-22(4)17(3)20(23)18-8-6-5-7-9-18/h5-13,16-17,20-21,23H,14H2,1-4H3/t16-,17+,20+/m1/s1. The van der Waals surface area contributed by atoms with Gasteiger partial charge >= 0.3 is 0 Å². The molecular weight excluding hydrogens is 348 g/mol. The summed E-state index contributed by atoms with van der Waals surface area (Å²) in [4.78, 5) is 2.22. The summed E-state index contributed by atoms with van der Waals surface area (Å²) in [6.07, 6.45) is -0.637. The van der Waals surface area contributed by atoms with E-state index in [-0.39, 0.29) is 17.0 Å². The Bertz CT molecular complexity index is 792. The van der Waals surface area contributed by atoms with Gasteiger partial charge in [-0.25, -0.2) is 13.1 Å². The van der Waals surface area contributed by atoms with Crippen LogP contribution in [0.2, 0.25) is 0 Å². The Balaban J connectivity index is 1.97. The molecule has 0 heterocycles. The Morgan fingerprint density at radius 2 is 1.62 bits per heavy atom. The lowest BCUT2D eigenvalue weighted by Gasteiger charge is -2.31. The number of benzene rings is 2. The second kappa shape index (κ2) is 8.77. The van der Waals surface area contributed by atoms with E-state index in [4.69, 9.17) is 0 Å². The van der Waals surface area contributed by atoms with Gasteiger partial charge in [0.25, 0.3) is 0 Å². The van der Waals surface area contributed by atoms with Crippen LogP contribution in [0.25, 0.3) is 0 Å². The van der Waals surface area contributed by atoms with Crippen molar-refractivity contribution in [1.82, 2.24) is 9.62 Å². The van der Waals surface area contributed by atoms with E-state index in [0.29, 0.717) is 6.54 Å². The van der Waals surface area contributed by atoms with Crippen molar-refractivity contribution in [3.05, 3.63) is 65.7 Å².